The molecule has 9 nitrogen and oxygen atoms in total. The molecule has 0 aromatic heterocycles. The molecule has 2 aliphatic heterocycles. The summed E-state index contributed by atoms with van der Waals surface area (Å²) < 4.78 is 43.8. The van der Waals surface area contributed by atoms with Gasteiger partial charge >= 0.3 is 34.2 Å². The van der Waals surface area contributed by atoms with E-state index in [1.54, 1.807) is 0 Å². The third kappa shape index (κ3) is 11.0. The van der Waals surface area contributed by atoms with Crippen LogP contribution in [-0.4, -0.2) is 122 Å². The summed E-state index contributed by atoms with van der Waals surface area (Å²) in [5, 5.41) is 0. The Kier molecular flexibility index (Phi) is 11.9. The number of rotatable bonds is 14. The number of hydrogen-bond acceptors (Lipinski definition) is 9. The second kappa shape index (κ2) is 13.2. The molecular formula is C20H48N2O7Si4. The molecule has 0 aromatic rings. The topological polar surface area (TPSA) is 71.1 Å². The summed E-state index contributed by atoms with van der Waals surface area (Å²) in [7, 11) is -9.94. The minimum atomic E-state index is -2.52. The Morgan fingerprint density at radius 3 is 1.21 bits per heavy atom. The third-order valence-electron chi connectivity index (χ3n) is 5.54. The summed E-state index contributed by atoms with van der Waals surface area (Å²) in [6, 6.07) is 0. The smallest absolute Gasteiger partial charge is 0.340 e. The van der Waals surface area contributed by atoms with Gasteiger partial charge in [0.15, 0.2) is 0 Å². The van der Waals surface area contributed by atoms with Gasteiger partial charge in [0.1, 0.15) is 0 Å². The second-order valence-corrected chi connectivity index (χ2v) is 23.8. The van der Waals surface area contributed by atoms with E-state index in [4.69, 9.17) is 30.7 Å². The van der Waals surface area contributed by atoms with Gasteiger partial charge in [-0.15, -0.1) is 0 Å². The molecule has 2 unspecified atom stereocenters. The molecule has 0 bridgehead atoms. The van der Waals surface area contributed by atoms with E-state index in [1.165, 1.54) is 0 Å². The Bertz CT molecular complexity index is 533. The first kappa shape index (κ1) is 29.7. The predicted octanol–water partition coefficient (Wildman–Crippen LogP) is 2.40. The zero-order valence-electron chi connectivity index (χ0n) is 22.2. The summed E-state index contributed by atoms with van der Waals surface area (Å²) in [6.07, 6.45) is 1.66. The van der Waals surface area contributed by atoms with Gasteiger partial charge in [-0.3, -0.25) is 9.80 Å². The Hall–Kier alpha value is 0.508. The normalized spacial score (nSPS) is 23.3. The van der Waals surface area contributed by atoms with E-state index in [0.29, 0.717) is 13.2 Å². The molecule has 0 aromatic carbocycles. The zero-order chi connectivity index (χ0) is 24.6. The van der Waals surface area contributed by atoms with Crippen molar-refractivity contribution in [3.05, 3.63) is 0 Å². The fourth-order valence-electron chi connectivity index (χ4n) is 4.83. The molecule has 0 radical (unpaired) electrons. The molecular weight excluding hydrogens is 493 g/mol. The van der Waals surface area contributed by atoms with Gasteiger partial charge in [0.25, 0.3) is 0 Å². The van der Waals surface area contributed by atoms with E-state index in [-0.39, 0.29) is 0 Å². The first-order valence-electron chi connectivity index (χ1n) is 12.4. The van der Waals surface area contributed by atoms with Gasteiger partial charge in [0.05, 0.1) is 26.4 Å². The summed E-state index contributed by atoms with van der Waals surface area (Å²) in [4.78, 5) is 4.80. The van der Waals surface area contributed by atoms with E-state index < -0.39 is 34.2 Å². The van der Waals surface area contributed by atoms with Crippen LogP contribution < -0.4 is 0 Å². The highest BCUT2D eigenvalue weighted by Crippen LogP contribution is 2.26. The van der Waals surface area contributed by atoms with Gasteiger partial charge in [0.2, 0.25) is 0 Å². The Morgan fingerprint density at radius 2 is 0.909 bits per heavy atom. The Balaban J connectivity index is 2.03. The Labute approximate surface area is 205 Å². The quantitative estimate of drug-likeness (QED) is 0.309. The van der Waals surface area contributed by atoms with Gasteiger partial charge in [-0.1, -0.05) is 0 Å². The fourth-order valence-corrected chi connectivity index (χ4v) is 23.6. The molecule has 2 saturated heterocycles. The lowest BCUT2D eigenvalue weighted by Gasteiger charge is -2.43. The average molecular weight is 541 g/mol. The van der Waals surface area contributed by atoms with Crippen LogP contribution in [0, 0.1) is 0 Å². The van der Waals surface area contributed by atoms with E-state index in [0.717, 1.165) is 64.9 Å². The molecule has 2 heterocycles. The first-order valence-corrected chi connectivity index (χ1v) is 23.1. The second-order valence-electron chi connectivity index (χ2n) is 10.0. The highest BCUT2D eigenvalue weighted by molar-refractivity contribution is 6.87. The lowest BCUT2D eigenvalue weighted by Crippen LogP contribution is -2.63. The van der Waals surface area contributed by atoms with Crippen LogP contribution in [0.3, 0.4) is 0 Å². The van der Waals surface area contributed by atoms with Crippen molar-refractivity contribution >= 4 is 34.2 Å². The van der Waals surface area contributed by atoms with Gasteiger partial charge in [-0.05, 0) is 53.1 Å². The minimum Gasteiger partial charge on any atom is -0.416 e. The van der Waals surface area contributed by atoms with Crippen molar-refractivity contribution < 1.29 is 30.7 Å². The Morgan fingerprint density at radius 1 is 0.576 bits per heavy atom. The summed E-state index contributed by atoms with van der Waals surface area (Å²) >= 11 is 0. The van der Waals surface area contributed by atoms with Crippen LogP contribution >= 0.6 is 0 Å². The van der Waals surface area contributed by atoms with Crippen LogP contribution in [0.15, 0.2) is 0 Å². The van der Waals surface area contributed by atoms with Gasteiger partial charge in [0, 0.05) is 51.7 Å². The van der Waals surface area contributed by atoms with E-state index >= 15 is 0 Å². The van der Waals surface area contributed by atoms with Gasteiger partial charge in [-0.25, -0.2) is 0 Å². The van der Waals surface area contributed by atoms with Crippen LogP contribution in [0.4, 0.5) is 0 Å². The standard InChI is InChI=1S/C20H48N2O7Si4/c1-9-25-32(7,19-21-11-15-23-16-12-21)28-30(3,4)27-31(5,6)29-33(8,26-10-2)20-22-13-17-24-18-14-22/h9-20H2,1-8H3. The number of nitrogens with zero attached hydrogens (tertiary/aromatic N) is 2. The number of hydrogen-bond donors (Lipinski definition) is 0. The van der Waals surface area contributed by atoms with Gasteiger partial charge in [-0.2, -0.15) is 0 Å². The monoisotopic (exact) mass is 540 g/mol. The van der Waals surface area contributed by atoms with Crippen molar-refractivity contribution in [1.82, 2.24) is 9.80 Å². The van der Waals surface area contributed by atoms with Crippen LogP contribution in [0.25, 0.3) is 0 Å². The molecule has 2 aliphatic rings. The highest BCUT2D eigenvalue weighted by Gasteiger charge is 2.48. The molecule has 2 rings (SSSR count). The molecule has 2 fully saturated rings. The summed E-state index contributed by atoms with van der Waals surface area (Å²) in [5.41, 5.74) is 0. The molecule has 0 amide bonds. The van der Waals surface area contributed by atoms with Gasteiger partial charge < -0.3 is 30.7 Å². The molecule has 0 spiro atoms. The maximum atomic E-state index is 6.78. The highest BCUT2D eigenvalue weighted by atomic mass is 28.5. The summed E-state index contributed by atoms with van der Waals surface area (Å²) in [6.45, 7) is 24.9. The average Bonchev–Trinajstić information content (AvgIpc) is 2.67. The van der Waals surface area contributed by atoms with Crippen LogP contribution in [0.5, 0.6) is 0 Å². The molecule has 0 saturated carbocycles. The lowest BCUT2D eigenvalue weighted by atomic mass is 10.5. The molecule has 196 valence electrons. The van der Waals surface area contributed by atoms with Crippen LogP contribution in [-0.2, 0) is 30.7 Å². The van der Waals surface area contributed by atoms with Crippen molar-refractivity contribution in [2.45, 2.75) is 53.1 Å². The molecule has 33 heavy (non-hydrogen) atoms. The predicted molar refractivity (Wildman–Crippen MR) is 139 cm³/mol. The van der Waals surface area contributed by atoms with Crippen LogP contribution in [0.2, 0.25) is 39.3 Å². The van der Waals surface area contributed by atoms with Crippen molar-refractivity contribution in [2.75, 3.05) is 78.2 Å². The van der Waals surface area contributed by atoms with E-state index in [2.05, 4.69) is 49.1 Å². The van der Waals surface area contributed by atoms with Crippen molar-refractivity contribution in [1.29, 1.82) is 0 Å². The third-order valence-corrected chi connectivity index (χ3v) is 20.7. The SMILES string of the molecule is CCO[Si](C)(CN1CCOCC1)O[Si](C)(C)O[Si](C)(C)O[Si](C)(CN1CCOCC1)OCC. The molecule has 13 heteroatoms. The lowest BCUT2D eigenvalue weighted by molar-refractivity contribution is 0.0400. The molecule has 0 N–H and O–H groups in total. The molecule has 2 atom stereocenters. The summed E-state index contributed by atoms with van der Waals surface area (Å²) in [5.74, 6) is 0. The maximum absolute atomic E-state index is 6.78. The van der Waals surface area contributed by atoms with E-state index in [9.17, 15) is 0 Å². The van der Waals surface area contributed by atoms with Crippen molar-refractivity contribution in [3.63, 3.8) is 0 Å². The number of ether oxygens (including phenoxy) is 2. The van der Waals surface area contributed by atoms with Crippen LogP contribution in [0.1, 0.15) is 13.8 Å². The van der Waals surface area contributed by atoms with Crippen molar-refractivity contribution in [2.24, 2.45) is 0 Å². The maximum Gasteiger partial charge on any atom is 0.340 e. The minimum absolute atomic E-state index is 0.643. The molecule has 0 aliphatic carbocycles. The zero-order valence-corrected chi connectivity index (χ0v) is 26.2. The largest absolute Gasteiger partial charge is 0.416 e. The first-order chi connectivity index (χ1) is 15.4. The fraction of sp³-hybridized carbons (Fsp3) is 1.00. The van der Waals surface area contributed by atoms with E-state index in [1.807, 2.05) is 13.8 Å². The van der Waals surface area contributed by atoms with Crippen molar-refractivity contribution in [3.8, 4) is 0 Å². The number of morpholine rings is 2.